The molecule has 7 aromatic carbocycles. The van der Waals surface area contributed by atoms with Gasteiger partial charge >= 0.3 is 0 Å². The molecular formula is C54H48N2O. The molecule has 3 nitrogen and oxygen atoms in total. The summed E-state index contributed by atoms with van der Waals surface area (Å²) in [5.74, 6) is 0.615. The number of rotatable bonds is 6. The largest absolute Gasteiger partial charge is 0.436 e. The molecule has 0 bridgehead atoms. The number of aromatic nitrogens is 1. The molecule has 2 aliphatic rings. The highest BCUT2D eigenvalue weighted by Gasteiger charge is 2.42. The molecule has 0 saturated heterocycles. The van der Waals surface area contributed by atoms with Gasteiger partial charge < -0.3 is 9.32 Å². The van der Waals surface area contributed by atoms with Gasteiger partial charge in [-0.3, -0.25) is 0 Å². The highest BCUT2D eigenvalue weighted by atomic mass is 16.3. The van der Waals surface area contributed by atoms with E-state index in [2.05, 4.69) is 180 Å². The van der Waals surface area contributed by atoms with Crippen LogP contribution >= 0.6 is 0 Å². The summed E-state index contributed by atoms with van der Waals surface area (Å²) >= 11 is 0. The van der Waals surface area contributed by atoms with E-state index in [0.29, 0.717) is 5.89 Å². The average molecular weight is 741 g/mol. The molecule has 57 heavy (non-hydrogen) atoms. The van der Waals surface area contributed by atoms with Gasteiger partial charge in [0.05, 0.1) is 0 Å². The van der Waals surface area contributed by atoms with Crippen molar-refractivity contribution in [1.82, 2.24) is 4.98 Å². The molecule has 0 saturated carbocycles. The average Bonchev–Trinajstić information content (AvgIpc) is 3.77. The maximum absolute atomic E-state index is 6.33. The van der Waals surface area contributed by atoms with Crippen LogP contribution in [0.25, 0.3) is 55.9 Å². The first-order chi connectivity index (χ1) is 27.5. The van der Waals surface area contributed by atoms with Crippen LogP contribution in [0.1, 0.15) is 76.6 Å². The molecule has 3 heteroatoms. The minimum Gasteiger partial charge on any atom is -0.436 e. The van der Waals surface area contributed by atoms with Gasteiger partial charge in [-0.05, 0) is 134 Å². The fourth-order valence-electron chi connectivity index (χ4n) is 9.75. The normalized spacial score (nSPS) is 15.8. The first-order valence-electron chi connectivity index (χ1n) is 20.3. The van der Waals surface area contributed by atoms with E-state index < -0.39 is 0 Å². The second-order valence-electron chi connectivity index (χ2n) is 17.9. The van der Waals surface area contributed by atoms with Gasteiger partial charge in [-0.25, -0.2) is 4.98 Å². The molecule has 0 aliphatic heterocycles. The lowest BCUT2D eigenvalue weighted by Crippen LogP contribution is -2.34. The summed E-state index contributed by atoms with van der Waals surface area (Å²) in [5, 5.41) is 0. The lowest BCUT2D eigenvalue weighted by Gasteiger charge is -2.43. The summed E-state index contributed by atoms with van der Waals surface area (Å²) in [7, 11) is 0. The predicted molar refractivity (Wildman–Crippen MR) is 238 cm³/mol. The molecule has 280 valence electrons. The number of hydrogen-bond donors (Lipinski definition) is 0. The lowest BCUT2D eigenvalue weighted by molar-refractivity contribution is 0.333. The van der Waals surface area contributed by atoms with Crippen molar-refractivity contribution in [2.75, 3.05) is 4.90 Å². The van der Waals surface area contributed by atoms with Gasteiger partial charge in [-0.1, -0.05) is 145 Å². The maximum atomic E-state index is 6.33. The molecule has 0 N–H and O–H groups in total. The van der Waals surface area contributed by atoms with Crippen LogP contribution in [0.4, 0.5) is 17.1 Å². The van der Waals surface area contributed by atoms with Crippen molar-refractivity contribution in [2.45, 2.75) is 70.6 Å². The van der Waals surface area contributed by atoms with E-state index in [1.54, 1.807) is 0 Å². The Labute approximate surface area is 336 Å². The highest BCUT2D eigenvalue weighted by molar-refractivity contribution is 5.97. The van der Waals surface area contributed by atoms with Crippen molar-refractivity contribution in [2.24, 2.45) is 0 Å². The Morgan fingerprint density at radius 1 is 0.474 bits per heavy atom. The molecule has 8 aromatic rings. The van der Waals surface area contributed by atoms with Gasteiger partial charge in [0.25, 0.3) is 0 Å². The summed E-state index contributed by atoms with van der Waals surface area (Å²) in [6, 6.07) is 57.3. The van der Waals surface area contributed by atoms with E-state index in [1.807, 2.05) is 24.3 Å². The Morgan fingerprint density at radius 3 is 1.93 bits per heavy atom. The van der Waals surface area contributed by atoms with Crippen LogP contribution in [0, 0.1) is 0 Å². The third-order valence-corrected chi connectivity index (χ3v) is 12.9. The minimum absolute atomic E-state index is 0.0266. The number of oxazole rings is 1. The maximum Gasteiger partial charge on any atom is 0.227 e. The Morgan fingerprint density at radius 2 is 1.12 bits per heavy atom. The third kappa shape index (κ3) is 5.74. The summed E-state index contributed by atoms with van der Waals surface area (Å²) in [5.41, 5.74) is 19.1. The van der Waals surface area contributed by atoms with Crippen molar-refractivity contribution in [3.63, 3.8) is 0 Å². The van der Waals surface area contributed by atoms with Crippen LogP contribution in [-0.2, 0) is 16.2 Å². The fraction of sp³-hybridized carbons (Fsp3) is 0.204. The number of benzene rings is 7. The quantitative estimate of drug-likeness (QED) is 0.170. The minimum atomic E-state index is -0.205. The molecule has 0 amide bonds. The Balaban J connectivity index is 1.24. The van der Waals surface area contributed by atoms with E-state index in [0.717, 1.165) is 40.1 Å². The van der Waals surface area contributed by atoms with Crippen molar-refractivity contribution >= 4 is 28.2 Å². The number of hydrogen-bond acceptors (Lipinski definition) is 3. The summed E-state index contributed by atoms with van der Waals surface area (Å²) in [6.45, 7) is 14.5. The summed E-state index contributed by atoms with van der Waals surface area (Å²) in [4.78, 5) is 7.32. The van der Waals surface area contributed by atoms with Crippen molar-refractivity contribution < 1.29 is 4.42 Å². The van der Waals surface area contributed by atoms with Gasteiger partial charge in [-0.15, -0.1) is 0 Å². The number of nitrogens with zero attached hydrogens (tertiary/aromatic N) is 2. The van der Waals surface area contributed by atoms with Gasteiger partial charge in [0.1, 0.15) is 5.52 Å². The second-order valence-corrected chi connectivity index (χ2v) is 17.9. The summed E-state index contributed by atoms with van der Waals surface area (Å²) in [6.07, 6.45) is 2.32. The van der Waals surface area contributed by atoms with E-state index in [4.69, 9.17) is 9.40 Å². The molecule has 0 atom stereocenters. The van der Waals surface area contributed by atoms with Gasteiger partial charge in [0.15, 0.2) is 5.58 Å². The SMILES string of the molecule is CC1(C)CCC(C)(C)c2c(-c3cc(N(c4ccc(-c5ccccc5)cc4)c4cccc(-c5nc6ccccc6o5)c4)cc4c3-c3ccccc3C4(C)C)cccc21. The number of fused-ring (bicyclic) bond motifs is 5. The number of anilines is 3. The van der Waals surface area contributed by atoms with Crippen LogP contribution < -0.4 is 4.90 Å². The molecule has 0 fully saturated rings. The van der Waals surface area contributed by atoms with E-state index >= 15 is 0 Å². The predicted octanol–water partition coefficient (Wildman–Crippen LogP) is 15.0. The van der Waals surface area contributed by atoms with E-state index in [9.17, 15) is 0 Å². The second kappa shape index (κ2) is 12.9. The molecule has 1 aromatic heterocycles. The molecule has 2 aliphatic carbocycles. The van der Waals surface area contributed by atoms with Gasteiger partial charge in [0, 0.05) is 28.0 Å². The van der Waals surface area contributed by atoms with Crippen LogP contribution in [0.15, 0.2) is 162 Å². The van der Waals surface area contributed by atoms with Crippen LogP contribution in [0.5, 0.6) is 0 Å². The summed E-state index contributed by atoms with van der Waals surface area (Å²) < 4.78 is 6.33. The Kier molecular flexibility index (Phi) is 7.99. The van der Waals surface area contributed by atoms with Crippen molar-refractivity contribution in [3.8, 4) is 44.8 Å². The zero-order chi connectivity index (χ0) is 39.1. The van der Waals surface area contributed by atoms with E-state index in [1.165, 1.54) is 62.1 Å². The van der Waals surface area contributed by atoms with Gasteiger partial charge in [0.2, 0.25) is 5.89 Å². The standard InChI is InChI=1S/C54H48N2O/c1-52(2)30-31-53(3,4)50-41(21-15-23-45(50)52)43-33-40(34-46-49(43)42-20-10-11-22-44(42)54(46,5)6)56(38-28-26-36(27-29-38)35-16-8-7-9-17-35)39-19-14-18-37(32-39)51-55-47-24-12-13-25-48(47)57-51/h7-29,32-34H,30-31H2,1-6H3. The monoisotopic (exact) mass is 740 g/mol. The first-order valence-corrected chi connectivity index (χ1v) is 20.3. The highest BCUT2D eigenvalue weighted by Crippen LogP contribution is 2.57. The van der Waals surface area contributed by atoms with Crippen LogP contribution in [0.3, 0.4) is 0 Å². The Hall–Kier alpha value is -6.19. The van der Waals surface area contributed by atoms with Crippen LogP contribution in [-0.4, -0.2) is 4.98 Å². The first kappa shape index (κ1) is 35.2. The molecule has 1 heterocycles. The van der Waals surface area contributed by atoms with Crippen LogP contribution in [0.2, 0.25) is 0 Å². The molecule has 0 radical (unpaired) electrons. The number of para-hydroxylation sites is 2. The topological polar surface area (TPSA) is 29.3 Å². The van der Waals surface area contributed by atoms with E-state index in [-0.39, 0.29) is 16.2 Å². The zero-order valence-corrected chi connectivity index (χ0v) is 33.7. The van der Waals surface area contributed by atoms with Crippen molar-refractivity contribution in [3.05, 3.63) is 180 Å². The lowest BCUT2D eigenvalue weighted by atomic mass is 9.61. The molecule has 0 spiro atoms. The molecular weight excluding hydrogens is 693 g/mol. The third-order valence-electron chi connectivity index (χ3n) is 12.9. The van der Waals surface area contributed by atoms with Crippen molar-refractivity contribution in [1.29, 1.82) is 0 Å². The smallest absolute Gasteiger partial charge is 0.227 e. The Bertz CT molecular complexity index is 2790. The zero-order valence-electron chi connectivity index (χ0n) is 33.7. The molecule has 10 rings (SSSR count). The van der Waals surface area contributed by atoms with Gasteiger partial charge in [-0.2, -0.15) is 0 Å². The fourth-order valence-corrected chi connectivity index (χ4v) is 9.75. The molecule has 0 unspecified atom stereocenters.